The third-order valence-electron chi connectivity index (χ3n) is 1.29. The molecule has 0 fully saturated rings. The first-order chi connectivity index (χ1) is 5.72. The Bertz CT molecular complexity index is 175. The minimum absolute atomic E-state index is 0.256. The van der Waals surface area contributed by atoms with Crippen molar-refractivity contribution in [1.29, 1.82) is 0 Å². The molecule has 0 radical (unpaired) electrons. The van der Waals surface area contributed by atoms with Gasteiger partial charge in [-0.25, -0.2) is 4.79 Å². The van der Waals surface area contributed by atoms with Crippen molar-refractivity contribution < 1.29 is 9.53 Å². The molecule has 0 aliphatic heterocycles. The summed E-state index contributed by atoms with van der Waals surface area (Å²) in [6, 6.07) is 0. The van der Waals surface area contributed by atoms with Crippen molar-refractivity contribution in [2.24, 2.45) is 5.73 Å². The molecule has 0 aliphatic carbocycles. The Hall–Kier alpha value is -1.09. The van der Waals surface area contributed by atoms with Gasteiger partial charge in [-0.1, -0.05) is 12.7 Å². The van der Waals surface area contributed by atoms with Gasteiger partial charge in [-0.3, -0.25) is 0 Å². The number of allylic oxidation sites excluding steroid dienone is 1. The van der Waals surface area contributed by atoms with Crippen LogP contribution in [0.2, 0.25) is 0 Å². The summed E-state index contributed by atoms with van der Waals surface area (Å²) in [5.41, 5.74) is 5.63. The average Bonchev–Trinajstić information content (AvgIpc) is 2.10. The summed E-state index contributed by atoms with van der Waals surface area (Å²) in [5, 5.41) is 0. The summed E-state index contributed by atoms with van der Waals surface area (Å²) in [6.45, 7) is 7.73. The van der Waals surface area contributed by atoms with Gasteiger partial charge in [0.25, 0.3) is 0 Å². The van der Waals surface area contributed by atoms with Crippen molar-refractivity contribution in [3.05, 3.63) is 24.8 Å². The minimum Gasteiger partial charge on any atom is -0.461 e. The summed E-state index contributed by atoms with van der Waals surface area (Å²) in [7, 11) is 0. The molecule has 68 valence electrons. The van der Waals surface area contributed by atoms with E-state index in [0.29, 0.717) is 18.5 Å². The Kier molecular flexibility index (Phi) is 6.01. The SMILES string of the molecule is C=CCCC(=C)C(=O)OCCN. The van der Waals surface area contributed by atoms with Crippen LogP contribution in [0, 0.1) is 0 Å². The number of carbonyl (C=O) groups is 1. The van der Waals surface area contributed by atoms with Gasteiger partial charge in [-0.2, -0.15) is 0 Å². The van der Waals surface area contributed by atoms with Crippen LogP contribution in [0.1, 0.15) is 12.8 Å². The summed E-state index contributed by atoms with van der Waals surface area (Å²) in [5.74, 6) is -0.359. The third-order valence-corrected chi connectivity index (χ3v) is 1.29. The quantitative estimate of drug-likeness (QED) is 0.367. The second kappa shape index (κ2) is 6.61. The average molecular weight is 169 g/mol. The van der Waals surface area contributed by atoms with Crippen LogP contribution in [0.5, 0.6) is 0 Å². The molecule has 0 saturated carbocycles. The van der Waals surface area contributed by atoms with Crippen LogP contribution in [0.4, 0.5) is 0 Å². The molecular weight excluding hydrogens is 154 g/mol. The lowest BCUT2D eigenvalue weighted by Gasteiger charge is -2.03. The van der Waals surface area contributed by atoms with Crippen LogP contribution in [0.15, 0.2) is 24.8 Å². The predicted octanol–water partition coefficient (Wildman–Crippen LogP) is 1.01. The fourth-order valence-corrected chi connectivity index (χ4v) is 0.632. The van der Waals surface area contributed by atoms with Crippen LogP contribution >= 0.6 is 0 Å². The maximum atomic E-state index is 11.0. The Labute approximate surface area is 72.9 Å². The van der Waals surface area contributed by atoms with Crippen LogP contribution in [0.3, 0.4) is 0 Å². The van der Waals surface area contributed by atoms with Gasteiger partial charge in [0.15, 0.2) is 0 Å². The van der Waals surface area contributed by atoms with Crippen LogP contribution in [-0.2, 0) is 9.53 Å². The monoisotopic (exact) mass is 169 g/mol. The van der Waals surface area contributed by atoms with E-state index in [4.69, 9.17) is 10.5 Å². The van der Waals surface area contributed by atoms with E-state index >= 15 is 0 Å². The number of rotatable bonds is 6. The molecule has 3 heteroatoms. The molecule has 0 saturated heterocycles. The van der Waals surface area contributed by atoms with Gasteiger partial charge in [0, 0.05) is 12.1 Å². The van der Waals surface area contributed by atoms with E-state index < -0.39 is 0 Å². The van der Waals surface area contributed by atoms with E-state index in [0.717, 1.165) is 6.42 Å². The lowest BCUT2D eigenvalue weighted by molar-refractivity contribution is -0.138. The zero-order valence-corrected chi connectivity index (χ0v) is 7.21. The molecular formula is C9H15NO2. The van der Waals surface area contributed by atoms with E-state index in [1.54, 1.807) is 6.08 Å². The zero-order valence-electron chi connectivity index (χ0n) is 7.21. The molecule has 0 atom stereocenters. The van der Waals surface area contributed by atoms with Crippen LogP contribution < -0.4 is 5.73 Å². The molecule has 0 aromatic carbocycles. The van der Waals surface area contributed by atoms with Gasteiger partial charge in [-0.05, 0) is 12.8 Å². The molecule has 0 amide bonds. The first-order valence-electron chi connectivity index (χ1n) is 3.88. The molecule has 0 heterocycles. The Balaban J connectivity index is 3.61. The Morgan fingerprint density at radius 1 is 1.58 bits per heavy atom. The number of ether oxygens (including phenoxy) is 1. The van der Waals surface area contributed by atoms with Crippen molar-refractivity contribution in [2.75, 3.05) is 13.2 Å². The van der Waals surface area contributed by atoms with Crippen LogP contribution in [-0.4, -0.2) is 19.1 Å². The summed E-state index contributed by atoms with van der Waals surface area (Å²) in [6.07, 6.45) is 3.09. The standard InChI is InChI=1S/C9H15NO2/c1-3-4-5-8(2)9(11)12-7-6-10/h3H,1-2,4-7,10H2. The lowest BCUT2D eigenvalue weighted by atomic mass is 10.2. The number of hydrogen-bond donors (Lipinski definition) is 1. The predicted molar refractivity (Wildman–Crippen MR) is 48.6 cm³/mol. The third kappa shape index (κ3) is 4.68. The summed E-state index contributed by atoms with van der Waals surface area (Å²) >= 11 is 0. The smallest absolute Gasteiger partial charge is 0.333 e. The Morgan fingerprint density at radius 3 is 2.75 bits per heavy atom. The minimum atomic E-state index is -0.359. The van der Waals surface area contributed by atoms with Gasteiger partial charge < -0.3 is 10.5 Å². The fraction of sp³-hybridized carbons (Fsp3) is 0.444. The second-order valence-electron chi connectivity index (χ2n) is 2.36. The molecule has 12 heavy (non-hydrogen) atoms. The molecule has 0 aliphatic rings. The van der Waals surface area contributed by atoms with Crippen molar-refractivity contribution in [1.82, 2.24) is 0 Å². The molecule has 0 aromatic rings. The number of carbonyl (C=O) groups excluding carboxylic acids is 1. The zero-order chi connectivity index (χ0) is 9.40. The maximum Gasteiger partial charge on any atom is 0.333 e. The maximum absolute atomic E-state index is 11.0. The van der Waals surface area contributed by atoms with E-state index in [2.05, 4.69) is 13.2 Å². The van der Waals surface area contributed by atoms with Gasteiger partial charge in [0.05, 0.1) is 0 Å². The van der Waals surface area contributed by atoms with Gasteiger partial charge in [-0.15, -0.1) is 6.58 Å². The molecule has 0 spiro atoms. The highest BCUT2D eigenvalue weighted by Crippen LogP contribution is 2.04. The van der Waals surface area contributed by atoms with Crippen molar-refractivity contribution in [2.45, 2.75) is 12.8 Å². The topological polar surface area (TPSA) is 52.3 Å². The molecule has 3 nitrogen and oxygen atoms in total. The lowest BCUT2D eigenvalue weighted by Crippen LogP contribution is -2.14. The summed E-state index contributed by atoms with van der Waals surface area (Å²) < 4.78 is 4.75. The first-order valence-corrected chi connectivity index (χ1v) is 3.88. The van der Waals surface area contributed by atoms with E-state index in [1.807, 2.05) is 0 Å². The molecule has 2 N–H and O–H groups in total. The first kappa shape index (κ1) is 10.9. The highest BCUT2D eigenvalue weighted by atomic mass is 16.5. The normalized spacial score (nSPS) is 9.08. The highest BCUT2D eigenvalue weighted by Gasteiger charge is 2.05. The van der Waals surface area contributed by atoms with Crippen molar-refractivity contribution >= 4 is 5.97 Å². The highest BCUT2D eigenvalue weighted by molar-refractivity contribution is 5.87. The molecule has 0 bridgehead atoms. The molecule has 0 unspecified atom stereocenters. The second-order valence-corrected chi connectivity index (χ2v) is 2.36. The fourth-order valence-electron chi connectivity index (χ4n) is 0.632. The van der Waals surface area contributed by atoms with Crippen molar-refractivity contribution in [3.63, 3.8) is 0 Å². The van der Waals surface area contributed by atoms with Gasteiger partial charge in [0.2, 0.25) is 0 Å². The summed E-state index contributed by atoms with van der Waals surface area (Å²) in [4.78, 5) is 11.0. The number of hydrogen-bond acceptors (Lipinski definition) is 3. The van der Waals surface area contributed by atoms with Crippen LogP contribution in [0.25, 0.3) is 0 Å². The number of esters is 1. The van der Waals surface area contributed by atoms with Crippen molar-refractivity contribution in [3.8, 4) is 0 Å². The van der Waals surface area contributed by atoms with E-state index in [9.17, 15) is 4.79 Å². The molecule has 0 rings (SSSR count). The Morgan fingerprint density at radius 2 is 2.25 bits per heavy atom. The number of nitrogens with two attached hydrogens (primary N) is 1. The van der Waals surface area contributed by atoms with Gasteiger partial charge >= 0.3 is 5.97 Å². The molecule has 0 aromatic heterocycles. The van der Waals surface area contributed by atoms with E-state index in [1.165, 1.54) is 0 Å². The largest absolute Gasteiger partial charge is 0.461 e. The van der Waals surface area contributed by atoms with E-state index in [-0.39, 0.29) is 12.6 Å². The van der Waals surface area contributed by atoms with Gasteiger partial charge in [0.1, 0.15) is 6.61 Å².